The Morgan fingerprint density at radius 2 is 1.94 bits per heavy atom. The van der Waals surface area contributed by atoms with Crippen LogP contribution in [0.4, 0.5) is 0 Å². The maximum atomic E-state index is 12.3. The van der Waals surface area contributed by atoms with Gasteiger partial charge in [0.2, 0.25) is 0 Å². The third kappa shape index (κ3) is 2.67. The molecule has 0 heterocycles. The summed E-state index contributed by atoms with van der Waals surface area (Å²) in [4.78, 5) is 12.3. The number of hydrogen-bond acceptors (Lipinski definition) is 3. The van der Waals surface area contributed by atoms with Crippen LogP contribution in [0.2, 0.25) is 0 Å². The third-order valence-corrected chi connectivity index (χ3v) is 3.19. The summed E-state index contributed by atoms with van der Waals surface area (Å²) in [6.07, 6.45) is 0.804. The monoisotopic (exact) mass is 236 g/mol. The number of carbonyl (C=O) groups excluding carboxylic acids is 1. The second-order valence-corrected chi connectivity index (χ2v) is 4.27. The number of benzene rings is 1. The fourth-order valence-electron chi connectivity index (χ4n) is 1.82. The van der Waals surface area contributed by atoms with Crippen LogP contribution in [0.15, 0.2) is 18.2 Å². The highest BCUT2D eigenvalue weighted by molar-refractivity contribution is 6.04. The Kier molecular flexibility index (Phi) is 4.29. The average Bonchev–Trinajstić information content (AvgIpc) is 2.36. The fourth-order valence-corrected chi connectivity index (χ4v) is 1.82. The van der Waals surface area contributed by atoms with Crippen molar-refractivity contribution in [3.63, 3.8) is 0 Å². The number of ketones is 1. The first kappa shape index (κ1) is 13.7. The molecule has 1 N–H and O–H groups in total. The van der Waals surface area contributed by atoms with Crippen LogP contribution in [0, 0.1) is 6.92 Å². The molecule has 0 saturated carbocycles. The molecule has 0 saturated heterocycles. The number of rotatable bonds is 5. The Labute approximate surface area is 102 Å². The highest BCUT2D eigenvalue weighted by Crippen LogP contribution is 2.27. The zero-order valence-electron chi connectivity index (χ0n) is 10.9. The molecule has 0 radical (unpaired) electrons. The third-order valence-electron chi connectivity index (χ3n) is 3.19. The molecule has 0 aliphatic heterocycles. The zero-order valence-corrected chi connectivity index (χ0v) is 10.9. The summed E-state index contributed by atoms with van der Waals surface area (Å²) >= 11 is 0. The number of methoxy groups -OCH3 is 1. The van der Waals surface area contributed by atoms with Crippen molar-refractivity contribution >= 4 is 5.78 Å². The lowest BCUT2D eigenvalue weighted by atomic mass is 9.87. The lowest BCUT2D eigenvalue weighted by Gasteiger charge is -2.24. The summed E-state index contributed by atoms with van der Waals surface area (Å²) in [5.74, 6) is 0.254. The first-order valence-corrected chi connectivity index (χ1v) is 5.90. The van der Waals surface area contributed by atoms with Gasteiger partial charge in [0.15, 0.2) is 5.78 Å². The van der Waals surface area contributed by atoms with Crippen LogP contribution in [0.3, 0.4) is 0 Å². The Balaban J connectivity index is 3.23. The van der Waals surface area contributed by atoms with Crippen LogP contribution in [0.1, 0.15) is 42.6 Å². The quantitative estimate of drug-likeness (QED) is 0.800. The second-order valence-electron chi connectivity index (χ2n) is 4.27. The van der Waals surface area contributed by atoms with Gasteiger partial charge in [0.25, 0.3) is 0 Å². The minimum Gasteiger partial charge on any atom is -0.496 e. The maximum absolute atomic E-state index is 12.3. The summed E-state index contributed by atoms with van der Waals surface area (Å²) in [6.45, 7) is 5.53. The van der Waals surface area contributed by atoms with Crippen molar-refractivity contribution in [1.82, 2.24) is 0 Å². The van der Waals surface area contributed by atoms with Gasteiger partial charge in [-0.3, -0.25) is 4.79 Å². The van der Waals surface area contributed by atoms with Crippen LogP contribution >= 0.6 is 0 Å². The SMILES string of the molecule is CCC(O)(CC)C(=O)c1cc(C)ccc1OC. The van der Waals surface area contributed by atoms with Gasteiger partial charge in [-0.2, -0.15) is 0 Å². The first-order valence-electron chi connectivity index (χ1n) is 5.90. The number of aliphatic hydroxyl groups is 1. The molecule has 0 fully saturated rings. The van der Waals surface area contributed by atoms with E-state index in [1.54, 1.807) is 12.1 Å². The molecule has 0 atom stereocenters. The van der Waals surface area contributed by atoms with Gasteiger partial charge >= 0.3 is 0 Å². The number of hydrogen-bond donors (Lipinski definition) is 1. The van der Waals surface area contributed by atoms with E-state index in [4.69, 9.17) is 4.74 Å². The Bertz CT molecular complexity index is 406. The summed E-state index contributed by atoms with van der Waals surface area (Å²) < 4.78 is 5.17. The molecule has 1 rings (SSSR count). The predicted molar refractivity (Wildman–Crippen MR) is 67.6 cm³/mol. The van der Waals surface area contributed by atoms with Crippen LogP contribution in [0.25, 0.3) is 0 Å². The van der Waals surface area contributed by atoms with Crippen LogP contribution in [0.5, 0.6) is 5.75 Å². The highest BCUT2D eigenvalue weighted by Gasteiger charge is 2.34. The van der Waals surface area contributed by atoms with Crippen molar-refractivity contribution in [2.45, 2.75) is 39.2 Å². The average molecular weight is 236 g/mol. The summed E-state index contributed by atoms with van der Waals surface area (Å²) in [5.41, 5.74) is 0.142. The van der Waals surface area contributed by atoms with Crippen molar-refractivity contribution < 1.29 is 14.6 Å². The van der Waals surface area contributed by atoms with E-state index in [1.165, 1.54) is 7.11 Å². The molecule has 3 heteroatoms. The number of ether oxygens (including phenoxy) is 1. The van der Waals surface area contributed by atoms with Crippen LogP contribution in [-0.4, -0.2) is 23.6 Å². The molecule has 0 aliphatic carbocycles. The standard InChI is InChI=1S/C14H20O3/c1-5-14(16,6-2)13(15)11-9-10(3)7-8-12(11)17-4/h7-9,16H,5-6H2,1-4H3. The van der Waals surface area contributed by atoms with E-state index in [2.05, 4.69) is 0 Å². The summed E-state index contributed by atoms with van der Waals surface area (Å²) in [7, 11) is 1.53. The molecule has 17 heavy (non-hydrogen) atoms. The van der Waals surface area contributed by atoms with Crippen molar-refractivity contribution in [1.29, 1.82) is 0 Å². The molecule has 94 valence electrons. The number of carbonyl (C=O) groups is 1. The van der Waals surface area contributed by atoms with E-state index in [0.717, 1.165) is 5.56 Å². The molecule has 0 aromatic heterocycles. The van der Waals surface area contributed by atoms with E-state index >= 15 is 0 Å². The van der Waals surface area contributed by atoms with Gasteiger partial charge in [0.05, 0.1) is 12.7 Å². The summed E-state index contributed by atoms with van der Waals surface area (Å²) in [6, 6.07) is 5.40. The van der Waals surface area contributed by atoms with Gasteiger partial charge in [-0.15, -0.1) is 0 Å². The second kappa shape index (κ2) is 5.32. The van der Waals surface area contributed by atoms with Gasteiger partial charge in [0.1, 0.15) is 11.4 Å². The van der Waals surface area contributed by atoms with Crippen molar-refractivity contribution in [2.24, 2.45) is 0 Å². The number of Topliss-reactive ketones (excluding diaryl/α,β-unsaturated/α-hetero) is 1. The molecule has 0 spiro atoms. The van der Waals surface area contributed by atoms with Gasteiger partial charge in [0, 0.05) is 0 Å². The van der Waals surface area contributed by atoms with Gasteiger partial charge in [-0.05, 0) is 31.9 Å². The van der Waals surface area contributed by atoms with Crippen molar-refractivity contribution in [2.75, 3.05) is 7.11 Å². The molecule has 3 nitrogen and oxygen atoms in total. The minimum atomic E-state index is -1.29. The molecule has 0 aliphatic rings. The van der Waals surface area contributed by atoms with Gasteiger partial charge in [-0.1, -0.05) is 25.5 Å². The molecule has 1 aromatic rings. The smallest absolute Gasteiger partial charge is 0.198 e. The normalized spacial score (nSPS) is 11.4. The Morgan fingerprint density at radius 1 is 1.35 bits per heavy atom. The van der Waals surface area contributed by atoms with E-state index in [-0.39, 0.29) is 5.78 Å². The molecule has 0 amide bonds. The largest absolute Gasteiger partial charge is 0.496 e. The van der Waals surface area contributed by atoms with E-state index < -0.39 is 5.60 Å². The fraction of sp³-hybridized carbons (Fsp3) is 0.500. The van der Waals surface area contributed by atoms with Crippen molar-refractivity contribution in [3.05, 3.63) is 29.3 Å². The predicted octanol–water partition coefficient (Wildman–Crippen LogP) is 2.74. The zero-order chi connectivity index (χ0) is 13.1. The Morgan fingerprint density at radius 3 is 2.41 bits per heavy atom. The number of aryl methyl sites for hydroxylation is 1. The molecule has 1 aromatic carbocycles. The van der Waals surface area contributed by atoms with E-state index in [9.17, 15) is 9.90 Å². The molecular formula is C14H20O3. The van der Waals surface area contributed by atoms with Gasteiger partial charge < -0.3 is 9.84 Å². The van der Waals surface area contributed by atoms with Crippen molar-refractivity contribution in [3.8, 4) is 5.75 Å². The summed E-state index contributed by atoms with van der Waals surface area (Å²) in [5, 5.41) is 10.3. The topological polar surface area (TPSA) is 46.5 Å². The van der Waals surface area contributed by atoms with E-state index in [0.29, 0.717) is 24.2 Å². The van der Waals surface area contributed by atoms with Gasteiger partial charge in [-0.25, -0.2) is 0 Å². The molecule has 0 bridgehead atoms. The van der Waals surface area contributed by atoms with Crippen LogP contribution in [-0.2, 0) is 0 Å². The molecule has 0 unspecified atom stereocenters. The van der Waals surface area contributed by atoms with E-state index in [1.807, 2.05) is 26.8 Å². The lowest BCUT2D eigenvalue weighted by Crippen LogP contribution is -2.37. The molecular weight excluding hydrogens is 216 g/mol. The lowest BCUT2D eigenvalue weighted by molar-refractivity contribution is 0.0275. The van der Waals surface area contributed by atoms with Crippen LogP contribution < -0.4 is 4.74 Å². The first-order chi connectivity index (χ1) is 7.98. The Hall–Kier alpha value is -1.35. The minimum absolute atomic E-state index is 0.261. The highest BCUT2D eigenvalue weighted by atomic mass is 16.5. The maximum Gasteiger partial charge on any atom is 0.198 e.